The van der Waals surface area contributed by atoms with E-state index < -0.39 is 0 Å². The number of ether oxygens (including phenoxy) is 1. The highest BCUT2D eigenvalue weighted by Gasteiger charge is 2.13. The highest BCUT2D eigenvalue weighted by atomic mass is 127. The van der Waals surface area contributed by atoms with Crippen molar-refractivity contribution < 1.29 is 4.74 Å². The van der Waals surface area contributed by atoms with Gasteiger partial charge in [-0.3, -0.25) is 0 Å². The van der Waals surface area contributed by atoms with Gasteiger partial charge in [-0.05, 0) is 35.9 Å². The van der Waals surface area contributed by atoms with Crippen LogP contribution in [0.15, 0.2) is 0 Å². The van der Waals surface area contributed by atoms with Crippen LogP contribution in [0.3, 0.4) is 0 Å². The third-order valence-corrected chi connectivity index (χ3v) is 3.34. The topological polar surface area (TPSA) is 61.0 Å². The van der Waals surface area contributed by atoms with Crippen molar-refractivity contribution in [1.29, 1.82) is 0 Å². The molecule has 0 aliphatic rings. The zero-order valence-corrected chi connectivity index (χ0v) is 11.4. The molecule has 1 unspecified atom stereocenters. The van der Waals surface area contributed by atoms with Crippen molar-refractivity contribution in [3.05, 3.63) is 15.1 Å². The molecule has 15 heavy (non-hydrogen) atoms. The number of nitrogen functional groups attached to an aromatic ring is 1. The Morgan fingerprint density at radius 3 is 2.67 bits per heavy atom. The summed E-state index contributed by atoms with van der Waals surface area (Å²) >= 11 is 2.19. The summed E-state index contributed by atoms with van der Waals surface area (Å²) in [5.74, 6) is 1.21. The molecule has 1 atom stereocenters. The van der Waals surface area contributed by atoms with Crippen LogP contribution in [0.2, 0.25) is 0 Å². The minimum absolute atomic E-state index is 0.111. The molecule has 84 valence electrons. The summed E-state index contributed by atoms with van der Waals surface area (Å²) in [7, 11) is 1.64. The molecule has 0 saturated heterocycles. The van der Waals surface area contributed by atoms with E-state index in [1.807, 2.05) is 6.92 Å². The highest BCUT2D eigenvalue weighted by Crippen LogP contribution is 2.21. The number of methoxy groups -OCH3 is 1. The minimum Gasteiger partial charge on any atom is -0.383 e. The zero-order chi connectivity index (χ0) is 11.4. The first-order valence-electron chi connectivity index (χ1n) is 4.94. The summed E-state index contributed by atoms with van der Waals surface area (Å²) in [5.41, 5.74) is 6.85. The highest BCUT2D eigenvalue weighted by molar-refractivity contribution is 14.1. The molecule has 1 aromatic heterocycles. The number of hydrogen-bond acceptors (Lipinski definition) is 4. The van der Waals surface area contributed by atoms with Crippen LogP contribution in [0.5, 0.6) is 0 Å². The first kappa shape index (κ1) is 12.6. The first-order chi connectivity index (χ1) is 7.10. The average Bonchev–Trinajstić information content (AvgIpc) is 2.23. The van der Waals surface area contributed by atoms with E-state index in [0.717, 1.165) is 22.1 Å². The van der Waals surface area contributed by atoms with Crippen molar-refractivity contribution >= 4 is 28.4 Å². The Kier molecular flexibility index (Phi) is 4.72. The zero-order valence-electron chi connectivity index (χ0n) is 9.25. The smallest absolute Gasteiger partial charge is 0.159 e. The second-order valence-electron chi connectivity index (χ2n) is 3.36. The predicted molar refractivity (Wildman–Crippen MR) is 68.6 cm³/mol. The molecule has 2 N–H and O–H groups in total. The van der Waals surface area contributed by atoms with E-state index in [9.17, 15) is 0 Å². The van der Waals surface area contributed by atoms with Crippen molar-refractivity contribution in [1.82, 2.24) is 9.97 Å². The number of aryl methyl sites for hydroxylation is 1. The Hall–Kier alpha value is -0.430. The molecule has 0 bridgehead atoms. The Balaban J connectivity index is 3.11. The monoisotopic (exact) mass is 321 g/mol. The van der Waals surface area contributed by atoms with Crippen molar-refractivity contribution in [3.8, 4) is 0 Å². The van der Waals surface area contributed by atoms with Crippen molar-refractivity contribution in [2.24, 2.45) is 0 Å². The van der Waals surface area contributed by atoms with E-state index in [0.29, 0.717) is 11.6 Å². The van der Waals surface area contributed by atoms with Crippen molar-refractivity contribution in [2.75, 3.05) is 12.8 Å². The number of rotatable bonds is 4. The third kappa shape index (κ3) is 3.01. The quantitative estimate of drug-likeness (QED) is 0.865. The summed E-state index contributed by atoms with van der Waals surface area (Å²) in [6, 6.07) is 0. The molecule has 0 aromatic carbocycles. The molecular weight excluding hydrogens is 305 g/mol. The normalized spacial score (nSPS) is 12.8. The van der Waals surface area contributed by atoms with Gasteiger partial charge in [0.1, 0.15) is 11.9 Å². The van der Waals surface area contributed by atoms with E-state index in [-0.39, 0.29) is 6.10 Å². The maximum Gasteiger partial charge on any atom is 0.159 e. The van der Waals surface area contributed by atoms with Crippen LogP contribution in [0.1, 0.15) is 37.9 Å². The van der Waals surface area contributed by atoms with Crippen LogP contribution < -0.4 is 5.73 Å². The molecule has 0 aliphatic heterocycles. The number of hydrogen-bond donors (Lipinski definition) is 1. The second-order valence-corrected chi connectivity index (χ2v) is 4.43. The number of anilines is 1. The SMILES string of the molecule is CCCc1nc(C(C)OC)nc(N)c1I. The Labute approximate surface area is 104 Å². The van der Waals surface area contributed by atoms with Crippen LogP contribution >= 0.6 is 22.6 Å². The molecule has 1 rings (SSSR count). The molecule has 0 fully saturated rings. The molecule has 0 aliphatic carbocycles. The van der Waals surface area contributed by atoms with Gasteiger partial charge in [0.2, 0.25) is 0 Å². The average molecular weight is 321 g/mol. The second kappa shape index (κ2) is 5.60. The largest absolute Gasteiger partial charge is 0.383 e. The summed E-state index contributed by atoms with van der Waals surface area (Å²) in [4.78, 5) is 8.69. The van der Waals surface area contributed by atoms with Crippen LogP contribution in [0.25, 0.3) is 0 Å². The van der Waals surface area contributed by atoms with Gasteiger partial charge in [-0.15, -0.1) is 0 Å². The van der Waals surface area contributed by atoms with Gasteiger partial charge in [0.25, 0.3) is 0 Å². The van der Waals surface area contributed by atoms with Crippen molar-refractivity contribution in [3.63, 3.8) is 0 Å². The summed E-state index contributed by atoms with van der Waals surface area (Å²) < 4.78 is 6.14. The fourth-order valence-corrected chi connectivity index (χ4v) is 1.73. The predicted octanol–water partition coefficient (Wildman–Crippen LogP) is 2.32. The maximum atomic E-state index is 5.83. The van der Waals surface area contributed by atoms with Crippen LogP contribution in [0, 0.1) is 3.57 Å². The first-order valence-corrected chi connectivity index (χ1v) is 6.02. The lowest BCUT2D eigenvalue weighted by atomic mass is 10.2. The van der Waals surface area contributed by atoms with Gasteiger partial charge in [-0.1, -0.05) is 13.3 Å². The van der Waals surface area contributed by atoms with Gasteiger partial charge in [-0.25, -0.2) is 9.97 Å². The van der Waals surface area contributed by atoms with Gasteiger partial charge in [0, 0.05) is 7.11 Å². The van der Waals surface area contributed by atoms with E-state index >= 15 is 0 Å². The Bertz CT molecular complexity index is 344. The van der Waals surface area contributed by atoms with E-state index in [4.69, 9.17) is 10.5 Å². The number of halogens is 1. The molecule has 1 heterocycles. The van der Waals surface area contributed by atoms with Crippen LogP contribution in [0.4, 0.5) is 5.82 Å². The van der Waals surface area contributed by atoms with Gasteiger partial charge in [0.15, 0.2) is 5.82 Å². The van der Waals surface area contributed by atoms with Gasteiger partial charge in [0.05, 0.1) is 9.26 Å². The summed E-state index contributed by atoms with van der Waals surface area (Å²) in [6.45, 7) is 4.03. The van der Waals surface area contributed by atoms with Gasteiger partial charge < -0.3 is 10.5 Å². The number of nitrogens with two attached hydrogens (primary N) is 1. The maximum absolute atomic E-state index is 5.83. The van der Waals surface area contributed by atoms with E-state index in [2.05, 4.69) is 39.5 Å². The summed E-state index contributed by atoms with van der Waals surface area (Å²) in [6.07, 6.45) is 1.86. The minimum atomic E-state index is -0.111. The van der Waals surface area contributed by atoms with E-state index in [1.165, 1.54) is 0 Å². The fourth-order valence-electron chi connectivity index (χ4n) is 1.22. The number of nitrogens with zero attached hydrogens (tertiary/aromatic N) is 2. The molecular formula is C10H16IN3O. The Morgan fingerprint density at radius 1 is 1.47 bits per heavy atom. The van der Waals surface area contributed by atoms with Gasteiger partial charge in [-0.2, -0.15) is 0 Å². The molecule has 0 saturated carbocycles. The lowest BCUT2D eigenvalue weighted by Gasteiger charge is -2.12. The van der Waals surface area contributed by atoms with Crippen LogP contribution in [-0.4, -0.2) is 17.1 Å². The molecule has 0 spiro atoms. The van der Waals surface area contributed by atoms with Crippen molar-refractivity contribution in [2.45, 2.75) is 32.8 Å². The number of aromatic nitrogens is 2. The summed E-state index contributed by atoms with van der Waals surface area (Å²) in [5, 5.41) is 0. The molecule has 1 aromatic rings. The van der Waals surface area contributed by atoms with E-state index in [1.54, 1.807) is 7.11 Å². The third-order valence-electron chi connectivity index (χ3n) is 2.17. The lowest BCUT2D eigenvalue weighted by Crippen LogP contribution is -2.10. The standard InChI is InChI=1S/C10H16IN3O/c1-4-5-7-8(11)9(12)14-10(13-7)6(2)15-3/h6H,4-5H2,1-3H3,(H2,12,13,14). The molecule has 0 amide bonds. The molecule has 4 nitrogen and oxygen atoms in total. The fraction of sp³-hybridized carbons (Fsp3) is 0.600. The lowest BCUT2D eigenvalue weighted by molar-refractivity contribution is 0.112. The van der Waals surface area contributed by atoms with Gasteiger partial charge >= 0.3 is 0 Å². The molecule has 0 radical (unpaired) electrons. The molecule has 5 heteroatoms. The Morgan fingerprint density at radius 2 is 2.13 bits per heavy atom. The van der Waals surface area contributed by atoms with Crippen LogP contribution in [-0.2, 0) is 11.2 Å².